The Kier molecular flexibility index (Phi) is 4.96. The van der Waals surface area contributed by atoms with Crippen molar-refractivity contribution in [3.63, 3.8) is 0 Å². The number of aliphatic hydroxyl groups is 1. The van der Waals surface area contributed by atoms with Crippen molar-refractivity contribution in [2.75, 3.05) is 13.1 Å². The largest absolute Gasteiger partial charge is 0.446 e. The molecule has 0 radical (unpaired) electrons. The molecule has 1 aromatic heterocycles. The predicted molar refractivity (Wildman–Crippen MR) is 85.3 cm³/mol. The summed E-state index contributed by atoms with van der Waals surface area (Å²) >= 11 is 0. The molecule has 3 rings (SSSR count). The molecule has 1 atom stereocenters. The first kappa shape index (κ1) is 17.0. The van der Waals surface area contributed by atoms with Crippen LogP contribution in [0.4, 0.5) is 8.78 Å². The van der Waals surface area contributed by atoms with Crippen LogP contribution in [0.25, 0.3) is 0 Å². The molecule has 1 N–H and O–H groups in total. The Morgan fingerprint density at radius 1 is 1.29 bits per heavy atom. The zero-order chi connectivity index (χ0) is 17.3. The minimum absolute atomic E-state index is 0.0522. The van der Waals surface area contributed by atoms with Gasteiger partial charge in [0.2, 0.25) is 0 Å². The number of hydrogen-bond acceptors (Lipinski definition) is 4. The maximum atomic E-state index is 13.8. The van der Waals surface area contributed by atoms with Gasteiger partial charge in [0.15, 0.2) is 5.89 Å². The van der Waals surface area contributed by atoms with Crippen molar-refractivity contribution in [3.8, 4) is 0 Å². The summed E-state index contributed by atoms with van der Waals surface area (Å²) in [5.74, 6) is 0.336. The second kappa shape index (κ2) is 6.99. The highest BCUT2D eigenvalue weighted by Gasteiger charge is 2.28. The average molecular weight is 336 g/mol. The van der Waals surface area contributed by atoms with Crippen molar-refractivity contribution >= 4 is 0 Å². The maximum absolute atomic E-state index is 13.8. The van der Waals surface area contributed by atoms with Gasteiger partial charge in [-0.15, -0.1) is 0 Å². The van der Waals surface area contributed by atoms with Gasteiger partial charge in [0.05, 0.1) is 11.8 Å². The predicted octanol–water partition coefficient (Wildman–Crippen LogP) is 3.52. The van der Waals surface area contributed by atoms with Crippen LogP contribution in [0.3, 0.4) is 0 Å². The quantitative estimate of drug-likeness (QED) is 0.928. The SMILES string of the molecule is Cc1nc(CN2CCC(C(O)c3cc(F)ccc3F)CC2)c(C)o1. The summed E-state index contributed by atoms with van der Waals surface area (Å²) in [4.78, 5) is 6.62. The molecule has 0 bridgehead atoms. The van der Waals surface area contributed by atoms with Gasteiger partial charge in [0, 0.05) is 19.0 Å². The molecule has 1 unspecified atom stereocenters. The minimum atomic E-state index is -0.973. The third kappa shape index (κ3) is 3.65. The highest BCUT2D eigenvalue weighted by atomic mass is 19.1. The summed E-state index contributed by atoms with van der Waals surface area (Å²) < 4.78 is 32.6. The normalized spacial score (nSPS) is 18.0. The standard InChI is InChI=1S/C18H22F2N2O2/c1-11-17(21-12(2)24-11)10-22-7-5-13(6-8-22)18(23)15-9-14(19)3-4-16(15)20/h3-4,9,13,18,23H,5-8,10H2,1-2H3. The lowest BCUT2D eigenvalue weighted by molar-refractivity contribution is 0.0538. The fraction of sp³-hybridized carbons (Fsp3) is 0.500. The fourth-order valence-electron chi connectivity index (χ4n) is 3.35. The first-order chi connectivity index (χ1) is 11.4. The molecular formula is C18H22F2N2O2. The van der Waals surface area contributed by atoms with Crippen LogP contribution in [-0.2, 0) is 6.54 Å². The van der Waals surface area contributed by atoms with Crippen LogP contribution in [0, 0.1) is 31.4 Å². The van der Waals surface area contributed by atoms with Gasteiger partial charge in [0.25, 0.3) is 0 Å². The molecule has 0 saturated carbocycles. The average Bonchev–Trinajstić information content (AvgIpc) is 2.87. The van der Waals surface area contributed by atoms with E-state index in [0.29, 0.717) is 12.4 Å². The molecule has 1 aliphatic heterocycles. The van der Waals surface area contributed by atoms with Gasteiger partial charge in [0.1, 0.15) is 17.4 Å². The molecular weight excluding hydrogens is 314 g/mol. The van der Waals surface area contributed by atoms with Crippen LogP contribution < -0.4 is 0 Å². The van der Waals surface area contributed by atoms with Crippen molar-refractivity contribution in [2.24, 2.45) is 5.92 Å². The van der Waals surface area contributed by atoms with E-state index in [1.165, 1.54) is 0 Å². The minimum Gasteiger partial charge on any atom is -0.446 e. The van der Waals surface area contributed by atoms with Crippen LogP contribution >= 0.6 is 0 Å². The van der Waals surface area contributed by atoms with E-state index < -0.39 is 17.7 Å². The number of aliphatic hydroxyl groups excluding tert-OH is 1. The van der Waals surface area contributed by atoms with Gasteiger partial charge in [-0.1, -0.05) is 0 Å². The van der Waals surface area contributed by atoms with Crippen LogP contribution in [0.1, 0.15) is 41.9 Å². The molecule has 2 heterocycles. The lowest BCUT2D eigenvalue weighted by atomic mass is 9.87. The molecule has 24 heavy (non-hydrogen) atoms. The Hall–Kier alpha value is -1.79. The Morgan fingerprint density at radius 2 is 2.00 bits per heavy atom. The monoisotopic (exact) mass is 336 g/mol. The second-order valence-corrected chi connectivity index (χ2v) is 6.46. The Labute approximate surface area is 140 Å². The topological polar surface area (TPSA) is 49.5 Å². The van der Waals surface area contributed by atoms with Gasteiger partial charge in [-0.05, 0) is 57.0 Å². The molecule has 1 saturated heterocycles. The molecule has 130 valence electrons. The molecule has 6 heteroatoms. The number of nitrogens with zero attached hydrogens (tertiary/aromatic N) is 2. The summed E-state index contributed by atoms with van der Waals surface area (Å²) in [7, 11) is 0. The summed E-state index contributed by atoms with van der Waals surface area (Å²) in [5, 5.41) is 10.4. The molecule has 1 fully saturated rings. The molecule has 0 amide bonds. The second-order valence-electron chi connectivity index (χ2n) is 6.46. The molecule has 0 aliphatic carbocycles. The van der Waals surface area contributed by atoms with Crippen LogP contribution in [0.15, 0.2) is 22.6 Å². The van der Waals surface area contributed by atoms with Crippen molar-refractivity contribution < 1.29 is 18.3 Å². The van der Waals surface area contributed by atoms with Gasteiger partial charge < -0.3 is 9.52 Å². The molecule has 1 aliphatic rings. The summed E-state index contributed by atoms with van der Waals surface area (Å²) in [5.41, 5.74) is 0.985. The number of halogens is 2. The van der Waals surface area contributed by atoms with Gasteiger partial charge in [-0.2, -0.15) is 0 Å². The van der Waals surface area contributed by atoms with Crippen molar-refractivity contribution in [1.82, 2.24) is 9.88 Å². The van der Waals surface area contributed by atoms with Crippen molar-refractivity contribution in [1.29, 1.82) is 0 Å². The van der Waals surface area contributed by atoms with E-state index in [0.717, 1.165) is 55.6 Å². The van der Waals surface area contributed by atoms with Crippen LogP contribution in [0.5, 0.6) is 0 Å². The van der Waals surface area contributed by atoms with E-state index in [1.807, 2.05) is 13.8 Å². The summed E-state index contributed by atoms with van der Waals surface area (Å²) in [6.45, 7) is 6.00. The number of hydrogen-bond donors (Lipinski definition) is 1. The lowest BCUT2D eigenvalue weighted by Gasteiger charge is -2.34. The van der Waals surface area contributed by atoms with Gasteiger partial charge in [-0.3, -0.25) is 4.90 Å². The highest BCUT2D eigenvalue weighted by molar-refractivity contribution is 5.22. The van der Waals surface area contributed by atoms with Gasteiger partial charge in [-0.25, -0.2) is 13.8 Å². The number of benzene rings is 1. The maximum Gasteiger partial charge on any atom is 0.191 e. The Morgan fingerprint density at radius 3 is 2.62 bits per heavy atom. The number of rotatable bonds is 4. The molecule has 0 spiro atoms. The molecule has 2 aromatic rings. The van der Waals surface area contributed by atoms with Crippen LogP contribution in [0.2, 0.25) is 0 Å². The van der Waals surface area contributed by atoms with E-state index in [-0.39, 0.29) is 11.5 Å². The van der Waals surface area contributed by atoms with Crippen molar-refractivity contribution in [2.45, 2.75) is 39.3 Å². The number of oxazole rings is 1. The molecule has 1 aromatic carbocycles. The third-order valence-electron chi connectivity index (χ3n) is 4.73. The van der Waals surface area contributed by atoms with E-state index >= 15 is 0 Å². The van der Waals surface area contributed by atoms with Gasteiger partial charge >= 0.3 is 0 Å². The van der Waals surface area contributed by atoms with E-state index in [4.69, 9.17) is 4.42 Å². The smallest absolute Gasteiger partial charge is 0.191 e. The summed E-state index contributed by atoms with van der Waals surface area (Å²) in [6, 6.07) is 3.23. The number of aromatic nitrogens is 1. The lowest BCUT2D eigenvalue weighted by Crippen LogP contribution is -2.35. The third-order valence-corrected chi connectivity index (χ3v) is 4.73. The van der Waals surface area contributed by atoms with Crippen molar-refractivity contribution in [3.05, 3.63) is 52.7 Å². The summed E-state index contributed by atoms with van der Waals surface area (Å²) in [6.07, 6.45) is 0.485. The van der Waals surface area contributed by atoms with E-state index in [2.05, 4.69) is 9.88 Å². The Bertz CT molecular complexity index is 709. The number of aryl methyl sites for hydroxylation is 2. The molecule has 4 nitrogen and oxygen atoms in total. The number of piperidine rings is 1. The zero-order valence-electron chi connectivity index (χ0n) is 13.9. The fourth-order valence-corrected chi connectivity index (χ4v) is 3.35. The van der Waals surface area contributed by atoms with E-state index in [9.17, 15) is 13.9 Å². The van der Waals surface area contributed by atoms with E-state index in [1.54, 1.807) is 0 Å². The first-order valence-electron chi connectivity index (χ1n) is 8.22. The first-order valence-corrected chi connectivity index (χ1v) is 8.22. The zero-order valence-corrected chi connectivity index (χ0v) is 13.9. The highest BCUT2D eigenvalue weighted by Crippen LogP contribution is 2.32. The number of likely N-dealkylation sites (tertiary alicyclic amines) is 1. The van der Waals surface area contributed by atoms with Crippen LogP contribution in [-0.4, -0.2) is 28.1 Å². The Balaban J connectivity index is 1.60.